The predicted octanol–water partition coefficient (Wildman–Crippen LogP) is 2.17. The second-order valence-electron chi connectivity index (χ2n) is 3.83. The second-order valence-corrected chi connectivity index (χ2v) is 4.68. The number of nitrogens with two attached hydrogens (primary N) is 1. The van der Waals surface area contributed by atoms with Gasteiger partial charge in [0.05, 0.1) is 23.1 Å². The maximum Gasteiger partial charge on any atom is 0.261 e. The Morgan fingerprint density at radius 2 is 1.94 bits per heavy atom. The maximum absolute atomic E-state index is 11.7. The average Bonchev–Trinajstić information content (AvgIpc) is 2.92. The summed E-state index contributed by atoms with van der Waals surface area (Å²) in [6.07, 6.45) is 1.52. The topological polar surface area (TPSA) is 85.3 Å². The van der Waals surface area contributed by atoms with Gasteiger partial charge in [0.1, 0.15) is 5.76 Å². The Kier molecular flexibility index (Phi) is 2.27. The van der Waals surface area contributed by atoms with E-state index in [2.05, 4.69) is 21.2 Å². The van der Waals surface area contributed by atoms with Crippen LogP contribution in [0.15, 0.2) is 33.4 Å². The maximum atomic E-state index is 11.7. The Hall–Kier alpha value is -2.08. The fraction of sp³-hybridized carbons (Fsp3) is 0. The number of furan rings is 1. The van der Waals surface area contributed by atoms with Crippen LogP contribution in [0, 0.1) is 0 Å². The predicted molar refractivity (Wildman–Crippen MR) is 68.1 cm³/mol. The third-order valence-electron chi connectivity index (χ3n) is 2.79. The smallest absolute Gasteiger partial charge is 0.261 e. The third kappa shape index (κ3) is 1.39. The summed E-state index contributed by atoms with van der Waals surface area (Å²) >= 11 is 3.28. The van der Waals surface area contributed by atoms with Crippen LogP contribution >= 0.6 is 15.9 Å². The molecule has 0 fully saturated rings. The first-order valence-electron chi connectivity index (χ1n) is 5.11. The molecular formula is C12H7BrN2O3. The highest BCUT2D eigenvalue weighted by Gasteiger charge is 2.33. The van der Waals surface area contributed by atoms with Crippen molar-refractivity contribution in [2.24, 2.45) is 0 Å². The van der Waals surface area contributed by atoms with Gasteiger partial charge in [0, 0.05) is 10.0 Å². The molecule has 1 aliphatic rings. The van der Waals surface area contributed by atoms with Crippen molar-refractivity contribution < 1.29 is 14.0 Å². The fourth-order valence-corrected chi connectivity index (χ4v) is 2.59. The number of hydrogen-bond donors (Lipinski definition) is 2. The van der Waals surface area contributed by atoms with E-state index in [1.807, 2.05) is 0 Å². The van der Waals surface area contributed by atoms with E-state index >= 15 is 0 Å². The first-order valence-corrected chi connectivity index (χ1v) is 5.90. The molecule has 90 valence electrons. The van der Waals surface area contributed by atoms with E-state index in [9.17, 15) is 9.59 Å². The summed E-state index contributed by atoms with van der Waals surface area (Å²) in [6.45, 7) is 0. The SMILES string of the molecule is Nc1c(-c2ccco2)cc(Br)c2c1C(=O)NC2=O. The zero-order chi connectivity index (χ0) is 12.9. The molecule has 0 spiro atoms. The number of amides is 2. The van der Waals surface area contributed by atoms with Crippen LogP contribution in [0.5, 0.6) is 0 Å². The monoisotopic (exact) mass is 306 g/mol. The van der Waals surface area contributed by atoms with E-state index in [1.165, 1.54) is 6.26 Å². The van der Waals surface area contributed by atoms with Gasteiger partial charge in [0.25, 0.3) is 11.8 Å². The second kappa shape index (κ2) is 3.71. The lowest BCUT2D eigenvalue weighted by atomic mass is 10.0. The summed E-state index contributed by atoms with van der Waals surface area (Å²) in [5.74, 6) is -0.385. The van der Waals surface area contributed by atoms with Gasteiger partial charge in [-0.1, -0.05) is 0 Å². The molecule has 1 aromatic carbocycles. The molecule has 3 rings (SSSR count). The Bertz CT molecular complexity index is 677. The summed E-state index contributed by atoms with van der Waals surface area (Å²) in [7, 11) is 0. The molecule has 0 aliphatic carbocycles. The van der Waals surface area contributed by atoms with Gasteiger partial charge in [-0.05, 0) is 34.1 Å². The van der Waals surface area contributed by atoms with Gasteiger partial charge in [-0.2, -0.15) is 0 Å². The van der Waals surface area contributed by atoms with E-state index in [4.69, 9.17) is 10.2 Å². The Morgan fingerprint density at radius 3 is 2.61 bits per heavy atom. The zero-order valence-electron chi connectivity index (χ0n) is 8.99. The lowest BCUT2D eigenvalue weighted by Gasteiger charge is -2.08. The fourth-order valence-electron chi connectivity index (χ4n) is 1.99. The Morgan fingerprint density at radius 1 is 1.22 bits per heavy atom. The Balaban J connectivity index is 2.34. The van der Waals surface area contributed by atoms with Gasteiger partial charge in [-0.15, -0.1) is 0 Å². The van der Waals surface area contributed by atoms with Crippen LogP contribution in [0.1, 0.15) is 20.7 Å². The standard InChI is InChI=1S/C12H7BrN2O3/c13-6-4-5(7-2-1-3-18-7)10(14)9-8(6)11(16)15-12(9)17/h1-4H,14H2,(H,15,16,17). The highest BCUT2D eigenvalue weighted by molar-refractivity contribution is 9.10. The quantitative estimate of drug-likeness (QED) is 0.624. The van der Waals surface area contributed by atoms with Crippen LogP contribution in [0.3, 0.4) is 0 Å². The summed E-state index contributed by atoms with van der Waals surface area (Å²) in [5.41, 5.74) is 7.24. The van der Waals surface area contributed by atoms with E-state index in [0.29, 0.717) is 15.8 Å². The van der Waals surface area contributed by atoms with Crippen molar-refractivity contribution in [1.29, 1.82) is 0 Å². The molecule has 6 heteroatoms. The average molecular weight is 307 g/mol. The van der Waals surface area contributed by atoms with Crippen molar-refractivity contribution in [1.82, 2.24) is 5.32 Å². The largest absolute Gasteiger partial charge is 0.464 e. The molecule has 0 radical (unpaired) electrons. The van der Waals surface area contributed by atoms with Crippen molar-refractivity contribution in [2.75, 3.05) is 5.73 Å². The molecule has 2 heterocycles. The van der Waals surface area contributed by atoms with Crippen LogP contribution in [0.2, 0.25) is 0 Å². The number of imide groups is 1. The normalized spacial score (nSPS) is 13.6. The molecular weight excluding hydrogens is 300 g/mol. The number of hydrogen-bond acceptors (Lipinski definition) is 4. The van der Waals surface area contributed by atoms with E-state index in [0.717, 1.165) is 0 Å². The number of nitrogens with one attached hydrogen (secondary N) is 1. The molecule has 1 aromatic heterocycles. The number of halogens is 1. The first-order chi connectivity index (χ1) is 8.59. The summed E-state index contributed by atoms with van der Waals surface area (Å²) < 4.78 is 5.77. The molecule has 0 saturated carbocycles. The summed E-state index contributed by atoms with van der Waals surface area (Å²) in [4.78, 5) is 23.3. The molecule has 3 N–H and O–H groups in total. The molecule has 0 bridgehead atoms. The van der Waals surface area contributed by atoms with Crippen LogP contribution in [-0.4, -0.2) is 11.8 Å². The molecule has 18 heavy (non-hydrogen) atoms. The van der Waals surface area contributed by atoms with Crippen LogP contribution in [0.25, 0.3) is 11.3 Å². The van der Waals surface area contributed by atoms with Crippen LogP contribution in [-0.2, 0) is 0 Å². The number of carbonyl (C=O) groups excluding carboxylic acids is 2. The minimum absolute atomic E-state index is 0.195. The third-order valence-corrected chi connectivity index (χ3v) is 3.41. The molecule has 0 atom stereocenters. The van der Waals surface area contributed by atoms with Gasteiger partial charge < -0.3 is 10.2 Å². The van der Waals surface area contributed by atoms with Gasteiger partial charge in [-0.25, -0.2) is 0 Å². The molecule has 0 saturated heterocycles. The number of nitrogen functional groups attached to an aromatic ring is 1. The molecule has 1 aliphatic heterocycles. The van der Waals surface area contributed by atoms with Gasteiger partial charge >= 0.3 is 0 Å². The minimum atomic E-state index is -0.485. The molecule has 0 unspecified atom stereocenters. The molecule has 2 aromatic rings. The van der Waals surface area contributed by atoms with Gasteiger partial charge in [-0.3, -0.25) is 14.9 Å². The highest BCUT2D eigenvalue weighted by atomic mass is 79.9. The number of anilines is 1. The van der Waals surface area contributed by atoms with Crippen molar-refractivity contribution in [3.8, 4) is 11.3 Å². The zero-order valence-corrected chi connectivity index (χ0v) is 10.6. The number of rotatable bonds is 1. The van der Waals surface area contributed by atoms with E-state index in [1.54, 1.807) is 18.2 Å². The highest BCUT2D eigenvalue weighted by Crippen LogP contribution is 2.37. The summed E-state index contributed by atoms with van der Waals surface area (Å²) in [6, 6.07) is 5.13. The van der Waals surface area contributed by atoms with Crippen molar-refractivity contribution in [2.45, 2.75) is 0 Å². The lowest BCUT2D eigenvalue weighted by molar-refractivity contribution is 0.0880. The Labute approximate surface area is 110 Å². The van der Waals surface area contributed by atoms with Crippen LogP contribution < -0.4 is 11.1 Å². The molecule has 5 nitrogen and oxygen atoms in total. The van der Waals surface area contributed by atoms with Gasteiger partial charge in [0.15, 0.2) is 0 Å². The van der Waals surface area contributed by atoms with Crippen molar-refractivity contribution in [3.05, 3.63) is 40.1 Å². The first kappa shape index (κ1) is 11.0. The van der Waals surface area contributed by atoms with Crippen molar-refractivity contribution in [3.63, 3.8) is 0 Å². The number of fused-ring (bicyclic) bond motifs is 1. The van der Waals surface area contributed by atoms with Gasteiger partial charge in [0.2, 0.25) is 0 Å². The van der Waals surface area contributed by atoms with Crippen molar-refractivity contribution >= 4 is 33.4 Å². The summed E-state index contributed by atoms with van der Waals surface area (Å²) in [5, 5.41) is 2.22. The van der Waals surface area contributed by atoms with Crippen LogP contribution in [0.4, 0.5) is 5.69 Å². The number of carbonyl (C=O) groups is 2. The van der Waals surface area contributed by atoms with E-state index in [-0.39, 0.29) is 16.8 Å². The minimum Gasteiger partial charge on any atom is -0.464 e. The van der Waals surface area contributed by atoms with E-state index < -0.39 is 11.8 Å². The number of benzene rings is 1. The lowest BCUT2D eigenvalue weighted by Crippen LogP contribution is -2.20. The molecule has 2 amide bonds.